The van der Waals surface area contributed by atoms with Crippen LogP contribution in [0, 0.1) is 6.92 Å². The predicted molar refractivity (Wildman–Crippen MR) is 110 cm³/mol. The molecule has 154 valence electrons. The number of aryl methyl sites for hydroxylation is 1. The topological polar surface area (TPSA) is 66.9 Å². The molecule has 1 amide bonds. The highest BCUT2D eigenvalue weighted by Crippen LogP contribution is 2.38. The molecule has 0 saturated carbocycles. The largest absolute Gasteiger partial charge is 0.358 e. The van der Waals surface area contributed by atoms with Crippen LogP contribution >= 0.6 is 11.6 Å². The molecule has 0 N–H and O–H groups in total. The quantitative estimate of drug-likeness (QED) is 0.743. The Morgan fingerprint density at radius 1 is 1.07 bits per heavy atom. The molecule has 2 heterocycles. The van der Waals surface area contributed by atoms with Crippen LogP contribution in [-0.4, -0.2) is 55.5 Å². The number of carbonyl (C=O) groups is 1. The van der Waals surface area contributed by atoms with E-state index in [1.807, 2.05) is 31.2 Å². The van der Waals surface area contributed by atoms with Crippen molar-refractivity contribution in [2.75, 3.05) is 26.2 Å². The summed E-state index contributed by atoms with van der Waals surface area (Å²) in [6.45, 7) is 3.49. The maximum absolute atomic E-state index is 13.2. The van der Waals surface area contributed by atoms with Crippen LogP contribution in [0.2, 0.25) is 5.02 Å². The summed E-state index contributed by atoms with van der Waals surface area (Å²) in [7, 11) is -3.71. The Hall–Kier alpha value is -1.93. The molecular weight excluding hydrogens is 412 g/mol. The first-order chi connectivity index (χ1) is 13.8. The van der Waals surface area contributed by atoms with Gasteiger partial charge in [0.2, 0.25) is 10.0 Å². The number of hydrogen-bond donors (Lipinski definition) is 0. The number of carbonyl (C=O) groups excluding carboxylic acids is 1. The number of benzene rings is 2. The predicted octanol–water partition coefficient (Wildman–Crippen LogP) is 3.30. The van der Waals surface area contributed by atoms with Crippen molar-refractivity contribution in [2.24, 2.45) is 0 Å². The van der Waals surface area contributed by atoms with Crippen LogP contribution in [0.1, 0.15) is 28.8 Å². The summed E-state index contributed by atoms with van der Waals surface area (Å²) in [5.74, 6) is -0.0337. The van der Waals surface area contributed by atoms with Crippen LogP contribution < -0.4 is 0 Å². The van der Waals surface area contributed by atoms with E-state index in [-0.39, 0.29) is 10.8 Å². The third-order valence-electron chi connectivity index (χ3n) is 5.62. The van der Waals surface area contributed by atoms with Gasteiger partial charge < -0.3 is 9.64 Å². The molecule has 4 rings (SSSR count). The van der Waals surface area contributed by atoms with Gasteiger partial charge in [0.1, 0.15) is 5.72 Å². The average molecular weight is 435 g/mol. The highest BCUT2D eigenvalue weighted by Gasteiger charge is 2.51. The van der Waals surface area contributed by atoms with E-state index in [1.54, 1.807) is 17.0 Å². The smallest absolute Gasteiger partial charge is 0.253 e. The highest BCUT2D eigenvalue weighted by atomic mass is 35.5. The third kappa shape index (κ3) is 3.80. The second-order valence-electron chi connectivity index (χ2n) is 7.49. The normalized spacial score (nSPS) is 19.6. The van der Waals surface area contributed by atoms with Crippen molar-refractivity contribution >= 4 is 27.5 Å². The molecule has 1 spiro atoms. The van der Waals surface area contributed by atoms with Crippen LogP contribution in [0.25, 0.3) is 0 Å². The van der Waals surface area contributed by atoms with Crippen molar-refractivity contribution in [3.63, 3.8) is 0 Å². The van der Waals surface area contributed by atoms with E-state index in [0.717, 1.165) is 5.56 Å². The maximum Gasteiger partial charge on any atom is 0.253 e. The fourth-order valence-corrected chi connectivity index (χ4v) is 5.93. The molecule has 6 nitrogen and oxygen atoms in total. The van der Waals surface area contributed by atoms with Gasteiger partial charge in [0.05, 0.1) is 11.5 Å². The average Bonchev–Trinajstić information content (AvgIpc) is 3.12. The fraction of sp³-hybridized carbons (Fsp3) is 0.381. The summed E-state index contributed by atoms with van der Waals surface area (Å²) in [4.78, 5) is 14.8. The Kier molecular flexibility index (Phi) is 5.42. The molecule has 2 aliphatic heterocycles. The Morgan fingerprint density at radius 2 is 1.76 bits per heavy atom. The van der Waals surface area contributed by atoms with Crippen molar-refractivity contribution in [3.05, 3.63) is 64.7 Å². The number of likely N-dealkylation sites (tertiary alicyclic amines) is 1. The molecule has 2 aromatic carbocycles. The molecule has 2 aliphatic rings. The molecule has 8 heteroatoms. The number of sulfonamides is 1. The van der Waals surface area contributed by atoms with Gasteiger partial charge in [0.15, 0.2) is 0 Å². The Labute approximate surface area is 176 Å². The zero-order valence-corrected chi connectivity index (χ0v) is 17.7. The van der Waals surface area contributed by atoms with E-state index < -0.39 is 15.7 Å². The lowest BCUT2D eigenvalue weighted by Crippen LogP contribution is -2.55. The van der Waals surface area contributed by atoms with Crippen LogP contribution in [0.4, 0.5) is 0 Å². The molecule has 2 saturated heterocycles. The molecule has 2 fully saturated rings. The van der Waals surface area contributed by atoms with Crippen molar-refractivity contribution in [3.8, 4) is 0 Å². The van der Waals surface area contributed by atoms with E-state index in [4.69, 9.17) is 16.3 Å². The van der Waals surface area contributed by atoms with E-state index in [1.165, 1.54) is 16.4 Å². The van der Waals surface area contributed by atoms with E-state index >= 15 is 0 Å². The summed E-state index contributed by atoms with van der Waals surface area (Å²) < 4.78 is 33.8. The van der Waals surface area contributed by atoms with Gasteiger partial charge in [0, 0.05) is 43.1 Å². The van der Waals surface area contributed by atoms with Crippen LogP contribution in [0.15, 0.2) is 53.4 Å². The monoisotopic (exact) mass is 434 g/mol. The minimum atomic E-state index is -3.71. The Morgan fingerprint density at radius 3 is 2.41 bits per heavy atom. The summed E-state index contributed by atoms with van der Waals surface area (Å²) in [5.41, 5.74) is 0.782. The summed E-state index contributed by atoms with van der Waals surface area (Å²) in [5, 5.41) is 0.485. The van der Waals surface area contributed by atoms with Gasteiger partial charge in [0.25, 0.3) is 5.91 Å². The molecule has 0 radical (unpaired) electrons. The lowest BCUT2D eigenvalue weighted by molar-refractivity contribution is -0.0857. The zero-order chi connectivity index (χ0) is 20.6. The molecular formula is C21H23ClN2O4S. The second kappa shape index (κ2) is 7.72. The van der Waals surface area contributed by atoms with Crippen molar-refractivity contribution in [2.45, 2.75) is 30.4 Å². The lowest BCUT2D eigenvalue weighted by Gasteiger charge is -2.42. The highest BCUT2D eigenvalue weighted by molar-refractivity contribution is 7.89. The van der Waals surface area contributed by atoms with Crippen LogP contribution in [-0.2, 0) is 14.8 Å². The Balaban J connectivity index is 1.52. The van der Waals surface area contributed by atoms with Gasteiger partial charge in [-0.3, -0.25) is 4.79 Å². The van der Waals surface area contributed by atoms with Crippen LogP contribution in [0.5, 0.6) is 0 Å². The number of piperidine rings is 1. The van der Waals surface area contributed by atoms with E-state index in [2.05, 4.69) is 0 Å². The van der Waals surface area contributed by atoms with Crippen molar-refractivity contribution in [1.82, 2.24) is 9.21 Å². The zero-order valence-electron chi connectivity index (χ0n) is 16.2. The maximum atomic E-state index is 13.2. The minimum absolute atomic E-state index is 0.0337. The fourth-order valence-electron chi connectivity index (χ4n) is 4.08. The summed E-state index contributed by atoms with van der Waals surface area (Å²) >= 11 is 5.90. The molecule has 0 unspecified atom stereocenters. The number of halogens is 1. The van der Waals surface area contributed by atoms with E-state index in [9.17, 15) is 13.2 Å². The van der Waals surface area contributed by atoms with E-state index in [0.29, 0.717) is 49.7 Å². The number of hydrogen-bond acceptors (Lipinski definition) is 4. The molecule has 0 aromatic heterocycles. The minimum Gasteiger partial charge on any atom is -0.358 e. The lowest BCUT2D eigenvalue weighted by atomic mass is 9.99. The van der Waals surface area contributed by atoms with Crippen molar-refractivity contribution < 1.29 is 17.9 Å². The summed E-state index contributed by atoms with van der Waals surface area (Å²) in [6, 6.07) is 13.7. The van der Waals surface area contributed by atoms with Gasteiger partial charge in [-0.25, -0.2) is 8.42 Å². The van der Waals surface area contributed by atoms with Gasteiger partial charge in [-0.2, -0.15) is 4.31 Å². The molecule has 0 atom stereocenters. The first-order valence-electron chi connectivity index (χ1n) is 9.60. The van der Waals surface area contributed by atoms with Gasteiger partial charge in [-0.1, -0.05) is 29.3 Å². The van der Waals surface area contributed by atoms with Crippen LogP contribution in [0.3, 0.4) is 0 Å². The standard InChI is InChI=1S/C21H23ClN2O4S/c1-16-3-2-4-17(15-16)20(25)23-11-9-21(10-12-23)24(13-14-28-21)29(26,27)19-7-5-18(22)6-8-19/h2-8,15H,9-14H2,1H3. The number of amides is 1. The molecule has 0 aliphatic carbocycles. The number of nitrogens with zero attached hydrogens (tertiary/aromatic N) is 2. The Bertz CT molecular complexity index is 1020. The first-order valence-corrected chi connectivity index (χ1v) is 11.4. The molecule has 29 heavy (non-hydrogen) atoms. The van der Waals surface area contributed by atoms with Gasteiger partial charge in [-0.05, 0) is 43.3 Å². The molecule has 0 bridgehead atoms. The number of ether oxygens (including phenoxy) is 1. The van der Waals surface area contributed by atoms with Gasteiger partial charge in [-0.15, -0.1) is 0 Å². The second-order valence-corrected chi connectivity index (χ2v) is 9.79. The summed E-state index contributed by atoms with van der Waals surface area (Å²) in [6.07, 6.45) is 0.884. The third-order valence-corrected chi connectivity index (χ3v) is 7.83. The SMILES string of the molecule is Cc1cccc(C(=O)N2CCC3(CC2)OCCN3S(=O)(=O)c2ccc(Cl)cc2)c1. The van der Waals surface area contributed by atoms with Crippen molar-refractivity contribution in [1.29, 1.82) is 0 Å². The van der Waals surface area contributed by atoms with Gasteiger partial charge >= 0.3 is 0 Å². The molecule has 2 aromatic rings. The first kappa shape index (κ1) is 20.3. The number of rotatable bonds is 3.